The van der Waals surface area contributed by atoms with Gasteiger partial charge in [-0.3, -0.25) is 14.6 Å². The molecule has 0 bridgehead atoms. The molecule has 0 radical (unpaired) electrons. The second-order valence-corrected chi connectivity index (χ2v) is 5.35. The Morgan fingerprint density at radius 2 is 2.08 bits per heavy atom. The first-order valence-electron chi connectivity index (χ1n) is 7.63. The maximum atomic E-state index is 12.2. The van der Waals surface area contributed by atoms with Crippen LogP contribution in [0, 0.1) is 0 Å². The quantitative estimate of drug-likeness (QED) is 0.581. The summed E-state index contributed by atoms with van der Waals surface area (Å²) in [4.78, 5) is 31.0. The predicted octanol–water partition coefficient (Wildman–Crippen LogP) is 1.94. The second-order valence-electron chi connectivity index (χ2n) is 5.35. The van der Waals surface area contributed by atoms with Gasteiger partial charge in [0.05, 0.1) is 13.4 Å². The maximum absolute atomic E-state index is 12.2. The number of ether oxygens (including phenoxy) is 1. The van der Waals surface area contributed by atoms with Gasteiger partial charge in [0, 0.05) is 11.6 Å². The maximum Gasteiger partial charge on any atom is 0.292 e. The van der Waals surface area contributed by atoms with E-state index < -0.39 is 11.5 Å². The summed E-state index contributed by atoms with van der Waals surface area (Å²) in [7, 11) is 1.58. The molecule has 26 heavy (non-hydrogen) atoms. The molecule has 130 valence electrons. The van der Waals surface area contributed by atoms with E-state index in [4.69, 9.17) is 9.15 Å². The summed E-state index contributed by atoms with van der Waals surface area (Å²) < 4.78 is 11.5. The van der Waals surface area contributed by atoms with E-state index in [0.717, 1.165) is 5.56 Å². The average Bonchev–Trinajstić information content (AvgIpc) is 3.31. The van der Waals surface area contributed by atoms with Crippen LogP contribution in [0.4, 0.5) is 5.82 Å². The molecule has 1 aromatic carbocycles. The van der Waals surface area contributed by atoms with E-state index in [1.807, 2.05) is 0 Å². The van der Waals surface area contributed by atoms with Crippen LogP contribution in [-0.4, -0.2) is 32.6 Å². The summed E-state index contributed by atoms with van der Waals surface area (Å²) in [6.07, 6.45) is 1.39. The molecule has 0 aliphatic carbocycles. The first kappa shape index (κ1) is 15.6. The lowest BCUT2D eigenvalue weighted by molar-refractivity contribution is 0.0996. The van der Waals surface area contributed by atoms with Gasteiger partial charge in [-0.25, -0.2) is 0 Å². The fourth-order valence-electron chi connectivity index (χ4n) is 2.43. The molecule has 2 N–H and O–H groups in total. The molecule has 3 heterocycles. The Kier molecular flexibility index (Phi) is 3.73. The lowest BCUT2D eigenvalue weighted by Gasteiger charge is -2.04. The van der Waals surface area contributed by atoms with Gasteiger partial charge in [0.25, 0.3) is 11.5 Å². The van der Waals surface area contributed by atoms with E-state index in [1.165, 1.54) is 22.9 Å². The first-order valence-corrected chi connectivity index (χ1v) is 7.63. The molecule has 4 aromatic rings. The second kappa shape index (κ2) is 6.20. The molecular formula is C17H13N5O4. The van der Waals surface area contributed by atoms with E-state index in [1.54, 1.807) is 37.4 Å². The summed E-state index contributed by atoms with van der Waals surface area (Å²) >= 11 is 0. The number of aromatic amines is 1. The molecular weight excluding hydrogens is 338 g/mol. The van der Waals surface area contributed by atoms with Gasteiger partial charge in [0.15, 0.2) is 11.6 Å². The van der Waals surface area contributed by atoms with Gasteiger partial charge in [-0.1, -0.05) is 0 Å². The standard InChI is InChI=1S/C17H13N5O4/c1-25-11-6-4-10(5-7-11)15-20-17-19-14(23)9-13(22(17)21-15)18-16(24)12-3-2-8-26-12/h2-9H,1H3,(H,18,24)(H,19,20,21,23). The molecule has 0 fully saturated rings. The Morgan fingerprint density at radius 1 is 1.27 bits per heavy atom. The van der Waals surface area contributed by atoms with Gasteiger partial charge < -0.3 is 14.5 Å². The lowest BCUT2D eigenvalue weighted by atomic mass is 10.2. The number of amides is 1. The molecule has 3 aromatic heterocycles. The van der Waals surface area contributed by atoms with E-state index in [0.29, 0.717) is 11.6 Å². The zero-order valence-corrected chi connectivity index (χ0v) is 13.6. The van der Waals surface area contributed by atoms with Gasteiger partial charge in [0.1, 0.15) is 11.6 Å². The Bertz CT molecular complexity index is 1130. The molecule has 0 spiro atoms. The van der Waals surface area contributed by atoms with Gasteiger partial charge in [-0.15, -0.1) is 5.10 Å². The number of aromatic nitrogens is 4. The zero-order chi connectivity index (χ0) is 18.1. The molecule has 9 nitrogen and oxygen atoms in total. The third-order valence-corrected chi connectivity index (χ3v) is 3.67. The monoisotopic (exact) mass is 351 g/mol. The summed E-state index contributed by atoms with van der Waals surface area (Å²) in [5.74, 6) is 1.10. The Labute approximate surface area is 146 Å². The van der Waals surface area contributed by atoms with Gasteiger partial charge in [0.2, 0.25) is 5.78 Å². The SMILES string of the molecule is COc1ccc(-c2nc3[nH]c(=O)cc(NC(=O)c4ccco4)n3n2)cc1. The minimum atomic E-state index is -0.497. The summed E-state index contributed by atoms with van der Waals surface area (Å²) in [5, 5.41) is 6.96. The topological polar surface area (TPSA) is 115 Å². The molecule has 0 atom stereocenters. The Hall–Kier alpha value is -3.88. The largest absolute Gasteiger partial charge is 0.497 e. The fourth-order valence-corrected chi connectivity index (χ4v) is 2.43. The van der Waals surface area contributed by atoms with E-state index in [-0.39, 0.29) is 17.4 Å². The van der Waals surface area contributed by atoms with Crippen molar-refractivity contribution < 1.29 is 13.9 Å². The summed E-state index contributed by atoms with van der Waals surface area (Å²) in [6, 6.07) is 11.5. The number of carbonyl (C=O) groups excluding carboxylic acids is 1. The highest BCUT2D eigenvalue weighted by atomic mass is 16.5. The third kappa shape index (κ3) is 2.81. The highest BCUT2D eigenvalue weighted by Gasteiger charge is 2.15. The van der Waals surface area contributed by atoms with Crippen molar-refractivity contribution in [3.63, 3.8) is 0 Å². The number of anilines is 1. The Morgan fingerprint density at radius 3 is 2.77 bits per heavy atom. The number of hydrogen-bond donors (Lipinski definition) is 2. The minimum absolute atomic E-state index is 0.119. The molecule has 0 aliphatic rings. The number of fused-ring (bicyclic) bond motifs is 1. The number of carbonyl (C=O) groups is 1. The zero-order valence-electron chi connectivity index (χ0n) is 13.6. The van der Waals surface area contributed by atoms with Crippen LogP contribution in [0.2, 0.25) is 0 Å². The number of nitrogens with zero attached hydrogens (tertiary/aromatic N) is 3. The molecule has 0 saturated heterocycles. The lowest BCUT2D eigenvalue weighted by Crippen LogP contribution is -2.18. The van der Waals surface area contributed by atoms with Crippen LogP contribution in [0.5, 0.6) is 5.75 Å². The molecule has 4 rings (SSSR count). The summed E-state index contributed by atoms with van der Waals surface area (Å²) in [5.41, 5.74) is 0.319. The molecule has 0 aliphatic heterocycles. The smallest absolute Gasteiger partial charge is 0.292 e. The predicted molar refractivity (Wildman–Crippen MR) is 92.3 cm³/mol. The van der Waals surface area contributed by atoms with Crippen molar-refractivity contribution in [2.75, 3.05) is 12.4 Å². The van der Waals surface area contributed by atoms with Crippen molar-refractivity contribution in [1.29, 1.82) is 0 Å². The number of methoxy groups -OCH3 is 1. The third-order valence-electron chi connectivity index (χ3n) is 3.67. The van der Waals surface area contributed by atoms with Crippen LogP contribution in [-0.2, 0) is 0 Å². The number of rotatable bonds is 4. The number of furan rings is 1. The van der Waals surface area contributed by atoms with Gasteiger partial charge in [-0.05, 0) is 36.4 Å². The summed E-state index contributed by atoms with van der Waals surface area (Å²) in [6.45, 7) is 0. The van der Waals surface area contributed by atoms with Gasteiger partial charge >= 0.3 is 0 Å². The fraction of sp³-hybridized carbons (Fsp3) is 0.0588. The first-order chi connectivity index (χ1) is 12.6. The van der Waals surface area contributed by atoms with Crippen molar-refractivity contribution in [3.8, 4) is 17.1 Å². The van der Waals surface area contributed by atoms with E-state index in [2.05, 4.69) is 20.4 Å². The molecule has 9 heteroatoms. The van der Waals surface area contributed by atoms with Crippen molar-refractivity contribution in [2.45, 2.75) is 0 Å². The number of nitrogens with one attached hydrogen (secondary N) is 2. The van der Waals surface area contributed by atoms with Crippen LogP contribution in [0.1, 0.15) is 10.6 Å². The molecule has 0 saturated carbocycles. The Balaban J connectivity index is 1.75. The van der Waals surface area contributed by atoms with Crippen LogP contribution in [0.3, 0.4) is 0 Å². The van der Waals surface area contributed by atoms with Crippen LogP contribution < -0.4 is 15.6 Å². The van der Waals surface area contributed by atoms with Crippen LogP contribution in [0.15, 0.2) is 57.9 Å². The van der Waals surface area contributed by atoms with Crippen molar-refractivity contribution in [2.24, 2.45) is 0 Å². The van der Waals surface area contributed by atoms with Gasteiger partial charge in [-0.2, -0.15) is 9.50 Å². The normalized spacial score (nSPS) is 10.8. The number of benzene rings is 1. The van der Waals surface area contributed by atoms with Crippen LogP contribution in [0.25, 0.3) is 17.2 Å². The highest BCUT2D eigenvalue weighted by molar-refractivity contribution is 6.01. The van der Waals surface area contributed by atoms with Crippen molar-refractivity contribution in [1.82, 2.24) is 19.6 Å². The average molecular weight is 351 g/mol. The molecule has 1 amide bonds. The highest BCUT2D eigenvalue weighted by Crippen LogP contribution is 2.20. The number of hydrogen-bond acceptors (Lipinski definition) is 6. The minimum Gasteiger partial charge on any atom is -0.497 e. The molecule has 0 unspecified atom stereocenters. The van der Waals surface area contributed by atoms with Crippen molar-refractivity contribution in [3.05, 3.63) is 64.8 Å². The van der Waals surface area contributed by atoms with E-state index in [9.17, 15) is 9.59 Å². The van der Waals surface area contributed by atoms with Crippen LogP contribution >= 0.6 is 0 Å². The number of H-pyrrole nitrogens is 1. The van der Waals surface area contributed by atoms with Crippen molar-refractivity contribution >= 4 is 17.5 Å². The van der Waals surface area contributed by atoms with E-state index >= 15 is 0 Å².